The number of halogens is 2. The quantitative estimate of drug-likeness (QED) is 0.618. The van der Waals surface area contributed by atoms with Crippen LogP contribution in [0.5, 0.6) is 0 Å². The summed E-state index contributed by atoms with van der Waals surface area (Å²) in [6.07, 6.45) is 0. The van der Waals surface area contributed by atoms with E-state index in [-0.39, 0.29) is 18.1 Å². The average Bonchev–Trinajstić information content (AvgIpc) is 2.50. The van der Waals surface area contributed by atoms with Gasteiger partial charge in [0, 0.05) is 34.4 Å². The number of likely N-dealkylation sites (N-methyl/N-ethyl adjacent to an activating group) is 1. The molecule has 8 heteroatoms. The molecule has 0 unspecified atom stereocenters. The van der Waals surface area contributed by atoms with Gasteiger partial charge in [0.15, 0.2) is 0 Å². The second kappa shape index (κ2) is 8.10. The number of carbonyl (C=O) groups excluding carboxylic acids is 1. The van der Waals surface area contributed by atoms with Crippen LogP contribution in [0.2, 0.25) is 10.0 Å². The molecular weight excluding hydrogens is 353 g/mol. The van der Waals surface area contributed by atoms with Crippen LogP contribution in [0.4, 0.5) is 11.4 Å². The highest BCUT2D eigenvalue weighted by Gasteiger charge is 2.11. The lowest BCUT2D eigenvalue weighted by Crippen LogP contribution is -2.29. The SMILES string of the molecule is CN(CC(=O)Nc1ccc([N+](=O)[O-])cc1)Cc1ccc(Cl)cc1Cl. The molecule has 126 valence electrons. The number of nitrogens with one attached hydrogen (secondary N) is 1. The number of non-ortho nitro benzene ring substituents is 1. The third-order valence-corrected chi connectivity index (χ3v) is 3.82. The van der Waals surface area contributed by atoms with Crippen molar-refractivity contribution in [3.63, 3.8) is 0 Å². The fourth-order valence-corrected chi connectivity index (χ4v) is 2.58. The molecule has 0 atom stereocenters. The maximum atomic E-state index is 12.0. The highest BCUT2D eigenvalue weighted by Crippen LogP contribution is 2.22. The first kappa shape index (κ1) is 18.2. The molecule has 2 aromatic rings. The summed E-state index contributed by atoms with van der Waals surface area (Å²) in [5.41, 5.74) is 1.35. The lowest BCUT2D eigenvalue weighted by atomic mass is 10.2. The van der Waals surface area contributed by atoms with E-state index >= 15 is 0 Å². The zero-order chi connectivity index (χ0) is 17.7. The molecule has 6 nitrogen and oxygen atoms in total. The fraction of sp³-hybridized carbons (Fsp3) is 0.188. The van der Waals surface area contributed by atoms with Gasteiger partial charge in [0.1, 0.15) is 0 Å². The Bertz CT molecular complexity index is 751. The number of rotatable bonds is 6. The lowest BCUT2D eigenvalue weighted by Gasteiger charge is -2.17. The minimum absolute atomic E-state index is 0.0255. The number of benzene rings is 2. The van der Waals surface area contributed by atoms with E-state index in [1.165, 1.54) is 24.3 Å². The van der Waals surface area contributed by atoms with Gasteiger partial charge in [-0.3, -0.25) is 19.8 Å². The van der Waals surface area contributed by atoms with Gasteiger partial charge in [-0.05, 0) is 36.9 Å². The third-order valence-electron chi connectivity index (χ3n) is 3.23. The Balaban J connectivity index is 1.90. The summed E-state index contributed by atoms with van der Waals surface area (Å²) in [5.74, 6) is -0.226. The van der Waals surface area contributed by atoms with Gasteiger partial charge in [-0.1, -0.05) is 29.3 Å². The van der Waals surface area contributed by atoms with E-state index < -0.39 is 4.92 Å². The molecule has 0 radical (unpaired) electrons. The van der Waals surface area contributed by atoms with Crippen molar-refractivity contribution < 1.29 is 9.72 Å². The monoisotopic (exact) mass is 367 g/mol. The Morgan fingerprint density at radius 3 is 2.46 bits per heavy atom. The zero-order valence-electron chi connectivity index (χ0n) is 12.8. The summed E-state index contributed by atoms with van der Waals surface area (Å²) in [5, 5.41) is 14.4. The topological polar surface area (TPSA) is 75.5 Å². The number of nitrogens with zero attached hydrogens (tertiary/aromatic N) is 2. The summed E-state index contributed by atoms with van der Waals surface area (Å²) < 4.78 is 0. The van der Waals surface area contributed by atoms with Crippen molar-refractivity contribution in [3.05, 3.63) is 68.2 Å². The van der Waals surface area contributed by atoms with E-state index in [4.69, 9.17) is 23.2 Å². The Morgan fingerprint density at radius 1 is 1.21 bits per heavy atom. The van der Waals surface area contributed by atoms with Crippen molar-refractivity contribution in [3.8, 4) is 0 Å². The van der Waals surface area contributed by atoms with Crippen LogP contribution in [-0.2, 0) is 11.3 Å². The van der Waals surface area contributed by atoms with E-state index in [1.807, 2.05) is 6.07 Å². The minimum Gasteiger partial charge on any atom is -0.325 e. The number of anilines is 1. The maximum Gasteiger partial charge on any atom is 0.269 e. The van der Waals surface area contributed by atoms with Crippen LogP contribution >= 0.6 is 23.2 Å². The largest absolute Gasteiger partial charge is 0.325 e. The molecule has 0 spiro atoms. The van der Waals surface area contributed by atoms with Gasteiger partial charge in [0.2, 0.25) is 5.91 Å². The number of hydrogen-bond acceptors (Lipinski definition) is 4. The van der Waals surface area contributed by atoms with Gasteiger partial charge >= 0.3 is 0 Å². The van der Waals surface area contributed by atoms with Gasteiger partial charge in [0.25, 0.3) is 5.69 Å². The molecular formula is C16H15Cl2N3O3. The summed E-state index contributed by atoms with van der Waals surface area (Å²) in [6.45, 7) is 0.639. The highest BCUT2D eigenvalue weighted by atomic mass is 35.5. The predicted molar refractivity (Wildman–Crippen MR) is 94.5 cm³/mol. The fourth-order valence-electron chi connectivity index (χ4n) is 2.11. The van der Waals surface area contributed by atoms with Crippen molar-refractivity contribution >= 4 is 40.5 Å². The molecule has 0 bridgehead atoms. The molecule has 0 saturated heterocycles. The Labute approximate surface area is 149 Å². The van der Waals surface area contributed by atoms with Gasteiger partial charge in [0.05, 0.1) is 11.5 Å². The van der Waals surface area contributed by atoms with Crippen LogP contribution in [0, 0.1) is 10.1 Å². The molecule has 0 aliphatic carbocycles. The average molecular weight is 368 g/mol. The molecule has 2 aromatic carbocycles. The predicted octanol–water partition coefficient (Wildman–Crippen LogP) is 3.97. The minimum atomic E-state index is -0.491. The van der Waals surface area contributed by atoms with Crippen LogP contribution in [0.3, 0.4) is 0 Å². The van der Waals surface area contributed by atoms with Gasteiger partial charge in [-0.2, -0.15) is 0 Å². The van der Waals surface area contributed by atoms with E-state index in [0.717, 1.165) is 5.56 Å². The van der Waals surface area contributed by atoms with Gasteiger partial charge < -0.3 is 5.32 Å². The summed E-state index contributed by atoms with van der Waals surface area (Å²) in [6, 6.07) is 10.9. The van der Waals surface area contributed by atoms with Crippen molar-refractivity contribution in [1.82, 2.24) is 4.90 Å². The molecule has 0 aliphatic heterocycles. The van der Waals surface area contributed by atoms with Crippen LogP contribution < -0.4 is 5.32 Å². The molecule has 0 saturated carbocycles. The number of nitro groups is 1. The van der Waals surface area contributed by atoms with Crippen molar-refractivity contribution in [2.24, 2.45) is 0 Å². The summed E-state index contributed by atoms with van der Waals surface area (Å²) in [4.78, 5) is 23.9. The molecule has 1 amide bonds. The first-order chi connectivity index (χ1) is 11.3. The third kappa shape index (κ3) is 5.19. The Kier molecular flexibility index (Phi) is 6.14. The smallest absolute Gasteiger partial charge is 0.269 e. The Morgan fingerprint density at radius 2 is 1.88 bits per heavy atom. The van der Waals surface area contributed by atoms with Crippen molar-refractivity contribution in [1.29, 1.82) is 0 Å². The molecule has 0 heterocycles. The molecule has 0 fully saturated rings. The molecule has 0 aliphatic rings. The van der Waals surface area contributed by atoms with E-state index in [9.17, 15) is 14.9 Å². The van der Waals surface area contributed by atoms with Gasteiger partial charge in [-0.25, -0.2) is 0 Å². The summed E-state index contributed by atoms with van der Waals surface area (Å²) in [7, 11) is 1.79. The highest BCUT2D eigenvalue weighted by molar-refractivity contribution is 6.35. The normalized spacial score (nSPS) is 10.7. The number of hydrogen-bond donors (Lipinski definition) is 1. The second-order valence-corrected chi connectivity index (χ2v) is 6.10. The maximum absolute atomic E-state index is 12.0. The Hall–Kier alpha value is -2.15. The van der Waals surface area contributed by atoms with Crippen molar-refractivity contribution in [2.45, 2.75) is 6.54 Å². The molecule has 0 aromatic heterocycles. The van der Waals surface area contributed by atoms with E-state index in [2.05, 4.69) is 5.32 Å². The first-order valence-electron chi connectivity index (χ1n) is 7.02. The summed E-state index contributed by atoms with van der Waals surface area (Å²) >= 11 is 12.0. The first-order valence-corrected chi connectivity index (χ1v) is 7.77. The lowest BCUT2D eigenvalue weighted by molar-refractivity contribution is -0.384. The van der Waals surface area contributed by atoms with Crippen LogP contribution in [0.1, 0.15) is 5.56 Å². The molecule has 2 rings (SSSR count). The zero-order valence-corrected chi connectivity index (χ0v) is 14.3. The number of carbonyl (C=O) groups is 1. The van der Waals surface area contributed by atoms with Crippen LogP contribution in [0.25, 0.3) is 0 Å². The van der Waals surface area contributed by atoms with Crippen LogP contribution in [0.15, 0.2) is 42.5 Å². The van der Waals surface area contributed by atoms with Gasteiger partial charge in [-0.15, -0.1) is 0 Å². The molecule has 1 N–H and O–H groups in total. The van der Waals surface area contributed by atoms with Crippen LogP contribution in [-0.4, -0.2) is 29.3 Å². The van der Waals surface area contributed by atoms with Crippen molar-refractivity contribution in [2.75, 3.05) is 18.9 Å². The molecule has 24 heavy (non-hydrogen) atoms. The standard InChI is InChI=1S/C16H15Cl2N3O3/c1-20(9-11-2-3-12(17)8-15(11)18)10-16(22)19-13-4-6-14(7-5-13)21(23)24/h2-8H,9-10H2,1H3,(H,19,22). The van der Waals surface area contributed by atoms with E-state index in [0.29, 0.717) is 22.3 Å². The number of nitro benzene ring substituents is 1. The number of amides is 1. The van der Waals surface area contributed by atoms with E-state index in [1.54, 1.807) is 24.1 Å². The second-order valence-electron chi connectivity index (χ2n) is 5.26.